The molecule has 0 aliphatic carbocycles. The average Bonchev–Trinajstić information content (AvgIpc) is 2.61. The number of hydrogen-bond acceptors (Lipinski definition) is 14. The minimum atomic E-state index is -1.18. The van der Waals surface area contributed by atoms with Gasteiger partial charge in [-0.15, -0.1) is 0 Å². The smallest absolute Gasteiger partial charge is 0.410 e. The first-order valence-corrected chi connectivity index (χ1v) is 30.1. The summed E-state index contributed by atoms with van der Waals surface area (Å²) in [7, 11) is 6.06. The number of amides is 10. The van der Waals surface area contributed by atoms with E-state index < -0.39 is 138 Å². The van der Waals surface area contributed by atoms with Crippen molar-refractivity contribution in [2.45, 2.75) is 188 Å². The fourth-order valence-electron chi connectivity index (χ4n) is 10.9. The Hall–Kier alpha value is -7.38. The lowest BCUT2D eigenvalue weighted by Gasteiger charge is -2.41. The van der Waals surface area contributed by atoms with E-state index in [1.807, 2.05) is 32.0 Å². The fraction of sp³-hybridized carbons (Fsp3) is 0.645. The van der Waals surface area contributed by atoms with Gasteiger partial charge in [0.15, 0.2) is 0 Å². The number of nitrogens with one attached hydrogen (secondary N) is 6. The number of ether oxygens (including phenoxy) is 3. The molecule has 0 bridgehead atoms. The summed E-state index contributed by atoms with van der Waals surface area (Å²) in [5.41, 5.74) is 6.69. The van der Waals surface area contributed by atoms with Crippen LogP contribution in [0, 0.1) is 29.6 Å². The Bertz CT molecular complexity index is 2590. The second-order valence-electron chi connectivity index (χ2n) is 23.7. The second kappa shape index (κ2) is 36.1. The molecule has 486 valence electrons. The van der Waals surface area contributed by atoms with Gasteiger partial charge in [0.25, 0.3) is 0 Å². The van der Waals surface area contributed by atoms with Crippen molar-refractivity contribution < 1.29 is 72.4 Å². The lowest BCUT2D eigenvalue weighted by Crippen LogP contribution is -2.60. The van der Waals surface area contributed by atoms with Crippen LogP contribution in [0.25, 0.3) is 0 Å². The lowest BCUT2D eigenvalue weighted by atomic mass is 9.89. The second-order valence-corrected chi connectivity index (χ2v) is 23.7. The Morgan fingerprint density at radius 2 is 1.37 bits per heavy atom. The number of anilines is 1. The van der Waals surface area contributed by atoms with Gasteiger partial charge in [0, 0.05) is 53.5 Å². The number of benzene rings is 2. The van der Waals surface area contributed by atoms with Crippen molar-refractivity contribution >= 4 is 65.1 Å². The number of primary amides is 1. The zero-order valence-electron chi connectivity index (χ0n) is 53.3. The van der Waals surface area contributed by atoms with Gasteiger partial charge < -0.3 is 71.9 Å². The minimum Gasteiger partial charge on any atom is -0.481 e. The molecule has 3 unspecified atom stereocenters. The SMILES string of the molecule is CC[C@H](C)C([C@@H](CC(=O)N1CCC[C@H]1[C@H](OC)[C@@H](C)C(=O)N[C@H](C)[C@@H](O)c1ccccc1)OC)N(C)C(=O)[C@@H](NC(=O)C(C(C)C)N(C)C(=O)OCc1ccc(NC(=O)[C@H](CCCNC(N)=O)NC(=O)C(NC(=O)CCC(=O)O)C(C)C)cc1)C(C)C. The van der Waals surface area contributed by atoms with Gasteiger partial charge in [-0.2, -0.15) is 0 Å². The van der Waals surface area contributed by atoms with Crippen LogP contribution in [0.4, 0.5) is 15.3 Å². The molecule has 0 aromatic heterocycles. The summed E-state index contributed by atoms with van der Waals surface area (Å²) < 4.78 is 17.7. The summed E-state index contributed by atoms with van der Waals surface area (Å²) in [6.45, 7) is 18.2. The van der Waals surface area contributed by atoms with Gasteiger partial charge in [0.1, 0.15) is 30.8 Å². The van der Waals surface area contributed by atoms with Gasteiger partial charge in [-0.05, 0) is 79.5 Å². The third kappa shape index (κ3) is 22.4. The molecule has 0 spiro atoms. The van der Waals surface area contributed by atoms with Crippen molar-refractivity contribution in [2.75, 3.05) is 46.7 Å². The number of urea groups is 1. The van der Waals surface area contributed by atoms with Crippen molar-refractivity contribution in [3.05, 3.63) is 65.7 Å². The molecular weight excluding hydrogens is 1120 g/mol. The predicted molar refractivity (Wildman–Crippen MR) is 326 cm³/mol. The molecule has 1 fully saturated rings. The standard InChI is InChI=1S/C62H98N10O15/c1-15-38(8)53(46(85-13)33-48(74)72-32-20-24-45(72)55(86-14)39(9)56(78)65-40(10)54(77)42-21-17-16-18-22-42)70(11)60(82)51(36(4)5)69-59(81)52(37(6)7)71(12)62(84)87-34-41-25-27-43(28-26-41)66-57(79)44(23-19-31-64-61(63)83)67-58(80)50(35(2)3)68-47(73)29-30-49(75)76/h16-18,21-22,25-28,35-40,44-46,50-55,77H,15,19-20,23-24,29-34H2,1-14H3,(H,65,78)(H,66,79)(H,67,80)(H,68,73)(H,69,81)(H,75,76)(H3,63,64,83)/t38-,39+,40+,44-,45-,46+,50?,51-,52?,53?,54+,55+/m0/s1. The number of aliphatic hydroxyl groups is 1. The summed E-state index contributed by atoms with van der Waals surface area (Å²) in [4.78, 5) is 137. The number of carbonyl (C=O) groups is 10. The third-order valence-corrected chi connectivity index (χ3v) is 16.1. The predicted octanol–water partition coefficient (Wildman–Crippen LogP) is 4.46. The highest BCUT2D eigenvalue weighted by Crippen LogP contribution is 2.30. The van der Waals surface area contributed by atoms with Crippen LogP contribution in [0.1, 0.15) is 138 Å². The van der Waals surface area contributed by atoms with Crippen molar-refractivity contribution in [2.24, 2.45) is 35.3 Å². The summed E-state index contributed by atoms with van der Waals surface area (Å²) in [5, 5.41) is 36.2. The maximum atomic E-state index is 14.8. The molecular formula is C62H98N10O15. The Balaban J connectivity index is 1.71. The largest absolute Gasteiger partial charge is 0.481 e. The molecule has 2 aromatic rings. The van der Waals surface area contributed by atoms with Gasteiger partial charge in [0.2, 0.25) is 41.4 Å². The van der Waals surface area contributed by atoms with Crippen molar-refractivity contribution in [3.63, 3.8) is 0 Å². The van der Waals surface area contributed by atoms with Crippen molar-refractivity contribution in [1.29, 1.82) is 0 Å². The molecule has 10 N–H and O–H groups in total. The van der Waals surface area contributed by atoms with E-state index in [0.29, 0.717) is 42.6 Å². The van der Waals surface area contributed by atoms with Crippen LogP contribution in [-0.4, -0.2) is 180 Å². The first-order valence-electron chi connectivity index (χ1n) is 30.1. The van der Waals surface area contributed by atoms with E-state index >= 15 is 0 Å². The molecule has 0 radical (unpaired) electrons. The molecule has 10 amide bonds. The number of nitrogens with zero attached hydrogens (tertiary/aromatic N) is 3. The van der Waals surface area contributed by atoms with E-state index in [2.05, 4.69) is 31.9 Å². The quantitative estimate of drug-likeness (QED) is 0.0431. The van der Waals surface area contributed by atoms with E-state index in [4.69, 9.17) is 25.1 Å². The molecule has 3 rings (SSSR count). The number of likely N-dealkylation sites (N-methyl/N-ethyl adjacent to an activating group) is 2. The molecule has 0 saturated carbocycles. The number of hydrogen-bond donors (Lipinski definition) is 9. The molecule has 1 saturated heterocycles. The first-order chi connectivity index (χ1) is 41.0. The number of aliphatic hydroxyl groups excluding tert-OH is 1. The zero-order chi connectivity index (χ0) is 65.4. The summed E-state index contributed by atoms with van der Waals surface area (Å²) >= 11 is 0. The molecule has 25 heteroatoms. The van der Waals surface area contributed by atoms with Gasteiger partial charge in [-0.25, -0.2) is 9.59 Å². The lowest BCUT2D eigenvalue weighted by molar-refractivity contribution is -0.148. The first kappa shape index (κ1) is 73.9. The van der Waals surface area contributed by atoms with Gasteiger partial charge in [-0.3, -0.25) is 43.3 Å². The highest BCUT2D eigenvalue weighted by atomic mass is 16.6. The van der Waals surface area contributed by atoms with E-state index in [9.17, 15) is 53.1 Å². The van der Waals surface area contributed by atoms with Crippen LogP contribution in [0.15, 0.2) is 54.6 Å². The number of nitrogens with two attached hydrogens (primary N) is 1. The van der Waals surface area contributed by atoms with Gasteiger partial charge >= 0.3 is 18.1 Å². The van der Waals surface area contributed by atoms with E-state index in [1.165, 1.54) is 21.3 Å². The van der Waals surface area contributed by atoms with Crippen LogP contribution in [0.3, 0.4) is 0 Å². The fourth-order valence-corrected chi connectivity index (χ4v) is 10.9. The number of likely N-dealkylation sites (tertiary alicyclic amines) is 1. The number of carboxylic acid groups (broad SMARTS) is 1. The van der Waals surface area contributed by atoms with E-state index in [-0.39, 0.29) is 56.6 Å². The molecule has 2 aromatic carbocycles. The number of rotatable bonds is 35. The van der Waals surface area contributed by atoms with Crippen LogP contribution in [-0.2, 0) is 59.2 Å². The monoisotopic (exact) mass is 1220 g/mol. The summed E-state index contributed by atoms with van der Waals surface area (Å²) in [5.74, 6) is -6.89. The molecule has 87 heavy (non-hydrogen) atoms. The van der Waals surface area contributed by atoms with E-state index in [0.717, 1.165) is 4.90 Å². The Kier molecular flexibility index (Phi) is 30.6. The Morgan fingerprint density at radius 1 is 0.736 bits per heavy atom. The summed E-state index contributed by atoms with van der Waals surface area (Å²) in [6.07, 6.45) is -1.91. The van der Waals surface area contributed by atoms with Crippen LogP contribution >= 0.6 is 0 Å². The van der Waals surface area contributed by atoms with Crippen LogP contribution in [0.5, 0.6) is 0 Å². The van der Waals surface area contributed by atoms with Crippen molar-refractivity contribution in [1.82, 2.24) is 41.3 Å². The Morgan fingerprint density at radius 3 is 1.92 bits per heavy atom. The minimum absolute atomic E-state index is 0.0578. The maximum Gasteiger partial charge on any atom is 0.410 e. The molecule has 1 aliphatic rings. The molecule has 25 nitrogen and oxygen atoms in total. The topological polar surface area (TPSA) is 347 Å². The number of carboxylic acids is 1. The van der Waals surface area contributed by atoms with Gasteiger partial charge in [-0.1, -0.05) is 111 Å². The number of carbonyl (C=O) groups excluding carboxylic acids is 9. The third-order valence-electron chi connectivity index (χ3n) is 16.1. The average molecular weight is 1220 g/mol. The molecule has 1 aliphatic heterocycles. The molecule has 12 atom stereocenters. The van der Waals surface area contributed by atoms with E-state index in [1.54, 1.807) is 109 Å². The number of aliphatic carboxylic acids is 1. The Labute approximate surface area is 512 Å². The van der Waals surface area contributed by atoms with Gasteiger partial charge in [0.05, 0.1) is 55.2 Å². The zero-order valence-corrected chi connectivity index (χ0v) is 53.3. The maximum absolute atomic E-state index is 14.8. The summed E-state index contributed by atoms with van der Waals surface area (Å²) in [6, 6.07) is 8.52. The molecule has 1 heterocycles. The highest BCUT2D eigenvalue weighted by Gasteiger charge is 2.44. The number of methoxy groups -OCH3 is 2. The van der Waals surface area contributed by atoms with Crippen molar-refractivity contribution in [3.8, 4) is 0 Å². The normalized spacial score (nSPS) is 17.0. The van der Waals surface area contributed by atoms with Crippen LogP contribution < -0.4 is 37.6 Å². The van der Waals surface area contributed by atoms with Crippen LogP contribution in [0.2, 0.25) is 0 Å². The highest BCUT2D eigenvalue weighted by molar-refractivity contribution is 5.98.